The van der Waals surface area contributed by atoms with Gasteiger partial charge in [0.05, 0.1) is 0 Å². The van der Waals surface area contributed by atoms with Gasteiger partial charge in [-0.2, -0.15) is 0 Å². The van der Waals surface area contributed by atoms with E-state index in [0.29, 0.717) is 31.4 Å². The van der Waals surface area contributed by atoms with Crippen LogP contribution in [0.3, 0.4) is 0 Å². The second-order valence-corrected chi connectivity index (χ2v) is 4.84. The summed E-state index contributed by atoms with van der Waals surface area (Å²) < 4.78 is 12.7. The summed E-state index contributed by atoms with van der Waals surface area (Å²) in [7, 11) is 0. The van der Waals surface area contributed by atoms with E-state index in [4.69, 9.17) is 0 Å². The van der Waals surface area contributed by atoms with Gasteiger partial charge in [0.2, 0.25) is 5.91 Å². The lowest BCUT2D eigenvalue weighted by atomic mass is 10.1. The number of rotatable bonds is 9. The molecule has 1 aromatic rings. The fraction of sp³-hybridized carbons (Fsp3) is 0.500. The number of benzene rings is 1. The summed E-state index contributed by atoms with van der Waals surface area (Å²) in [6, 6.07) is 5.49. The first-order chi connectivity index (χ1) is 9.63. The predicted molar refractivity (Wildman–Crippen MR) is 77.1 cm³/mol. The molecule has 1 amide bonds. The smallest absolute Gasteiger partial charge is 0.220 e. The van der Waals surface area contributed by atoms with Gasteiger partial charge >= 0.3 is 0 Å². The number of Topliss-reactive ketones (excluding diaryl/α,β-unsaturated/α-hetero) is 1. The van der Waals surface area contributed by atoms with Crippen molar-refractivity contribution in [3.63, 3.8) is 0 Å². The molecule has 0 aromatic heterocycles. The molecule has 0 atom stereocenters. The summed E-state index contributed by atoms with van der Waals surface area (Å²) in [5, 5.41) is 2.84. The fourth-order valence-electron chi connectivity index (χ4n) is 1.88. The Bertz CT molecular complexity index is 429. The fourth-order valence-corrected chi connectivity index (χ4v) is 1.88. The molecule has 0 bridgehead atoms. The van der Waals surface area contributed by atoms with Crippen LogP contribution >= 0.6 is 0 Å². The van der Waals surface area contributed by atoms with Crippen molar-refractivity contribution in [3.05, 3.63) is 35.6 Å². The van der Waals surface area contributed by atoms with Crippen molar-refractivity contribution in [3.8, 4) is 0 Å². The molecule has 1 rings (SSSR count). The van der Waals surface area contributed by atoms with Crippen molar-refractivity contribution < 1.29 is 14.0 Å². The van der Waals surface area contributed by atoms with Gasteiger partial charge in [-0.1, -0.05) is 19.8 Å². The summed E-state index contributed by atoms with van der Waals surface area (Å²) in [6.45, 7) is 2.82. The second-order valence-electron chi connectivity index (χ2n) is 4.84. The monoisotopic (exact) mass is 279 g/mol. The molecule has 20 heavy (non-hydrogen) atoms. The Morgan fingerprint density at radius 1 is 1.05 bits per heavy atom. The average molecular weight is 279 g/mol. The summed E-state index contributed by atoms with van der Waals surface area (Å²) in [6.07, 6.45) is 4.44. The van der Waals surface area contributed by atoms with E-state index < -0.39 is 0 Å². The van der Waals surface area contributed by atoms with Gasteiger partial charge in [0, 0.05) is 24.9 Å². The van der Waals surface area contributed by atoms with E-state index in [1.165, 1.54) is 24.3 Å². The maximum Gasteiger partial charge on any atom is 0.220 e. The lowest BCUT2D eigenvalue weighted by Gasteiger charge is -2.04. The molecule has 0 heterocycles. The molecule has 0 aliphatic carbocycles. The van der Waals surface area contributed by atoms with E-state index in [9.17, 15) is 14.0 Å². The number of carbonyl (C=O) groups excluding carboxylic acids is 2. The van der Waals surface area contributed by atoms with E-state index in [1.54, 1.807) is 0 Å². The molecule has 0 saturated heterocycles. The first kappa shape index (κ1) is 16.3. The molecular weight excluding hydrogens is 257 g/mol. The molecule has 0 spiro atoms. The first-order valence-electron chi connectivity index (χ1n) is 7.19. The van der Waals surface area contributed by atoms with E-state index >= 15 is 0 Å². The van der Waals surface area contributed by atoms with Crippen LogP contribution in [0.15, 0.2) is 24.3 Å². The topological polar surface area (TPSA) is 46.2 Å². The van der Waals surface area contributed by atoms with Crippen LogP contribution in [0.2, 0.25) is 0 Å². The lowest BCUT2D eigenvalue weighted by Crippen LogP contribution is -2.24. The van der Waals surface area contributed by atoms with Crippen LogP contribution in [0.25, 0.3) is 0 Å². The van der Waals surface area contributed by atoms with Crippen LogP contribution in [-0.4, -0.2) is 18.2 Å². The zero-order chi connectivity index (χ0) is 14.8. The summed E-state index contributed by atoms with van der Waals surface area (Å²) in [5.41, 5.74) is 0.495. The van der Waals surface area contributed by atoms with Crippen molar-refractivity contribution in [1.29, 1.82) is 0 Å². The van der Waals surface area contributed by atoms with Crippen molar-refractivity contribution in [2.45, 2.75) is 45.4 Å². The van der Waals surface area contributed by atoms with Crippen LogP contribution in [-0.2, 0) is 4.79 Å². The maximum absolute atomic E-state index is 12.7. The Balaban J connectivity index is 2.18. The van der Waals surface area contributed by atoms with Gasteiger partial charge in [-0.15, -0.1) is 0 Å². The molecule has 0 unspecified atom stereocenters. The van der Waals surface area contributed by atoms with E-state index in [1.807, 2.05) is 0 Å². The van der Waals surface area contributed by atoms with Crippen molar-refractivity contribution in [2.75, 3.05) is 6.54 Å². The summed E-state index contributed by atoms with van der Waals surface area (Å²) >= 11 is 0. The lowest BCUT2D eigenvalue weighted by molar-refractivity contribution is -0.121. The molecule has 0 saturated carbocycles. The Hall–Kier alpha value is -1.71. The van der Waals surface area contributed by atoms with Gasteiger partial charge in [0.15, 0.2) is 5.78 Å². The average Bonchev–Trinajstić information content (AvgIpc) is 2.44. The minimum absolute atomic E-state index is 0.00647. The van der Waals surface area contributed by atoms with Gasteiger partial charge in [0.25, 0.3) is 0 Å². The Morgan fingerprint density at radius 3 is 2.40 bits per heavy atom. The largest absolute Gasteiger partial charge is 0.356 e. The van der Waals surface area contributed by atoms with Crippen LogP contribution in [0.1, 0.15) is 55.8 Å². The number of carbonyl (C=O) groups is 2. The molecule has 1 aromatic carbocycles. The summed E-state index contributed by atoms with van der Waals surface area (Å²) in [5.74, 6) is -0.412. The van der Waals surface area contributed by atoms with Gasteiger partial charge in [-0.25, -0.2) is 4.39 Å². The van der Waals surface area contributed by atoms with Crippen LogP contribution in [0.4, 0.5) is 4.39 Å². The molecule has 1 N–H and O–H groups in total. The van der Waals surface area contributed by atoms with Crippen LogP contribution in [0, 0.1) is 5.82 Å². The number of ketones is 1. The van der Waals surface area contributed by atoms with E-state index in [0.717, 1.165) is 19.3 Å². The number of hydrogen-bond acceptors (Lipinski definition) is 2. The predicted octanol–water partition coefficient (Wildman–Crippen LogP) is 3.49. The number of hydrogen-bond donors (Lipinski definition) is 1. The highest BCUT2D eigenvalue weighted by Crippen LogP contribution is 2.08. The number of unbranched alkanes of at least 4 members (excludes halogenated alkanes) is 2. The molecule has 0 fully saturated rings. The summed E-state index contributed by atoms with van der Waals surface area (Å²) in [4.78, 5) is 23.3. The van der Waals surface area contributed by atoms with Gasteiger partial charge in [-0.05, 0) is 37.1 Å². The first-order valence-corrected chi connectivity index (χ1v) is 7.19. The molecule has 0 aliphatic heterocycles. The van der Waals surface area contributed by atoms with E-state index in [-0.39, 0.29) is 17.5 Å². The molecular formula is C16H22FNO2. The Morgan fingerprint density at radius 2 is 1.75 bits per heavy atom. The van der Waals surface area contributed by atoms with Crippen LogP contribution < -0.4 is 5.32 Å². The minimum atomic E-state index is -0.354. The van der Waals surface area contributed by atoms with Gasteiger partial charge in [0.1, 0.15) is 5.82 Å². The number of amides is 1. The van der Waals surface area contributed by atoms with Crippen molar-refractivity contribution in [2.24, 2.45) is 0 Å². The van der Waals surface area contributed by atoms with Gasteiger partial charge in [-0.3, -0.25) is 9.59 Å². The molecule has 110 valence electrons. The highest BCUT2D eigenvalue weighted by molar-refractivity contribution is 5.96. The maximum atomic E-state index is 12.7. The van der Waals surface area contributed by atoms with Crippen molar-refractivity contribution >= 4 is 11.7 Å². The number of halogens is 1. The van der Waals surface area contributed by atoms with Crippen LogP contribution in [0.5, 0.6) is 0 Å². The third-order valence-corrected chi connectivity index (χ3v) is 3.08. The zero-order valence-electron chi connectivity index (χ0n) is 12.0. The standard InChI is InChI=1S/C16H22FNO2/c1-2-3-4-12-18-16(20)7-5-6-15(19)13-8-10-14(17)11-9-13/h8-11H,2-7,12H2,1H3,(H,18,20). The molecule has 0 aliphatic rings. The van der Waals surface area contributed by atoms with E-state index in [2.05, 4.69) is 12.2 Å². The minimum Gasteiger partial charge on any atom is -0.356 e. The zero-order valence-corrected chi connectivity index (χ0v) is 12.0. The highest BCUT2D eigenvalue weighted by atomic mass is 19.1. The van der Waals surface area contributed by atoms with Crippen molar-refractivity contribution in [1.82, 2.24) is 5.32 Å². The molecule has 4 heteroatoms. The third-order valence-electron chi connectivity index (χ3n) is 3.08. The normalized spacial score (nSPS) is 10.3. The quantitative estimate of drug-likeness (QED) is 0.555. The highest BCUT2D eigenvalue weighted by Gasteiger charge is 2.07. The van der Waals surface area contributed by atoms with Gasteiger partial charge < -0.3 is 5.32 Å². The SMILES string of the molecule is CCCCCNC(=O)CCCC(=O)c1ccc(F)cc1. The molecule has 3 nitrogen and oxygen atoms in total. The molecule has 0 radical (unpaired) electrons. The Kier molecular flexibility index (Phi) is 7.55. The number of nitrogens with one attached hydrogen (secondary N) is 1. The third kappa shape index (κ3) is 6.45. The second kappa shape index (κ2) is 9.23. The Labute approximate surface area is 119 Å².